The fourth-order valence-electron chi connectivity index (χ4n) is 2.18. The summed E-state index contributed by atoms with van der Waals surface area (Å²) in [5, 5.41) is 10.1. The van der Waals surface area contributed by atoms with Crippen LogP contribution in [0.2, 0.25) is 0 Å². The second-order valence-electron chi connectivity index (χ2n) is 4.11. The predicted octanol–water partition coefficient (Wildman–Crippen LogP) is 2.64. The molecule has 80 valence electrons. The Balaban J connectivity index is 2.49. The van der Waals surface area contributed by atoms with Gasteiger partial charge in [0.25, 0.3) is 0 Å². The first-order valence-corrected chi connectivity index (χ1v) is 5.39. The van der Waals surface area contributed by atoms with E-state index in [1.165, 1.54) is 22.0 Å². The molecule has 1 aromatic carbocycles. The lowest BCUT2D eigenvalue weighted by atomic mass is 10.1. The van der Waals surface area contributed by atoms with Crippen molar-refractivity contribution in [3.05, 3.63) is 35.5 Å². The normalized spacial score (nSPS) is 11.1. The molecular weight excluding hydrogens is 186 g/mol. The molecular formula is C13H17NO. The van der Waals surface area contributed by atoms with Crippen molar-refractivity contribution >= 4 is 10.9 Å². The first-order chi connectivity index (χ1) is 7.22. The average Bonchev–Trinajstić information content (AvgIpc) is 2.58. The van der Waals surface area contributed by atoms with E-state index >= 15 is 0 Å². The van der Waals surface area contributed by atoms with E-state index in [0.29, 0.717) is 0 Å². The molecule has 1 heterocycles. The van der Waals surface area contributed by atoms with E-state index in [-0.39, 0.29) is 6.61 Å². The number of benzene rings is 1. The van der Waals surface area contributed by atoms with Crippen molar-refractivity contribution in [1.29, 1.82) is 0 Å². The van der Waals surface area contributed by atoms with Gasteiger partial charge >= 0.3 is 0 Å². The number of fused-ring (bicyclic) bond motifs is 1. The van der Waals surface area contributed by atoms with Crippen LogP contribution < -0.4 is 0 Å². The zero-order valence-electron chi connectivity index (χ0n) is 9.33. The molecule has 0 saturated carbocycles. The first-order valence-electron chi connectivity index (χ1n) is 5.39. The van der Waals surface area contributed by atoms with Crippen LogP contribution in [0.5, 0.6) is 0 Å². The van der Waals surface area contributed by atoms with E-state index in [2.05, 4.69) is 42.8 Å². The maximum atomic E-state index is 8.84. The lowest BCUT2D eigenvalue weighted by Crippen LogP contribution is -1.99. The summed E-state index contributed by atoms with van der Waals surface area (Å²) in [5.74, 6) is 0. The van der Waals surface area contributed by atoms with Gasteiger partial charge in [0.1, 0.15) is 0 Å². The highest BCUT2D eigenvalue weighted by molar-refractivity contribution is 5.84. The summed E-state index contributed by atoms with van der Waals surface area (Å²) in [6.07, 6.45) is 2.92. The molecule has 0 radical (unpaired) electrons. The molecule has 0 fully saturated rings. The van der Waals surface area contributed by atoms with Crippen LogP contribution in [0.3, 0.4) is 0 Å². The summed E-state index contributed by atoms with van der Waals surface area (Å²) in [4.78, 5) is 0. The minimum Gasteiger partial charge on any atom is -0.396 e. The molecule has 0 amide bonds. The van der Waals surface area contributed by atoms with Gasteiger partial charge in [-0.3, -0.25) is 0 Å². The van der Waals surface area contributed by atoms with Crippen LogP contribution >= 0.6 is 0 Å². The van der Waals surface area contributed by atoms with Gasteiger partial charge < -0.3 is 9.67 Å². The average molecular weight is 203 g/mol. The third-order valence-electron chi connectivity index (χ3n) is 2.75. The monoisotopic (exact) mass is 203 g/mol. The molecule has 1 aromatic heterocycles. The molecule has 2 heteroatoms. The molecule has 2 rings (SSSR count). The van der Waals surface area contributed by atoms with Gasteiger partial charge in [-0.2, -0.15) is 0 Å². The number of hydrogen-bond donors (Lipinski definition) is 1. The molecule has 2 nitrogen and oxygen atoms in total. The number of aliphatic hydroxyl groups is 1. The van der Waals surface area contributed by atoms with E-state index in [9.17, 15) is 0 Å². The van der Waals surface area contributed by atoms with Crippen molar-refractivity contribution in [1.82, 2.24) is 4.57 Å². The van der Waals surface area contributed by atoms with E-state index in [1.54, 1.807) is 0 Å². The van der Waals surface area contributed by atoms with Gasteiger partial charge in [0.15, 0.2) is 0 Å². The Morgan fingerprint density at radius 3 is 2.80 bits per heavy atom. The van der Waals surface area contributed by atoms with Crippen LogP contribution in [0.25, 0.3) is 10.9 Å². The Kier molecular flexibility index (Phi) is 2.78. The number of aromatic nitrogens is 1. The predicted molar refractivity (Wildman–Crippen MR) is 63.1 cm³/mol. The van der Waals surface area contributed by atoms with Crippen LogP contribution in [-0.4, -0.2) is 16.3 Å². The molecule has 0 aliphatic heterocycles. The minimum absolute atomic E-state index is 0.255. The van der Waals surface area contributed by atoms with E-state index in [4.69, 9.17) is 5.11 Å². The lowest BCUT2D eigenvalue weighted by molar-refractivity contribution is 0.280. The van der Waals surface area contributed by atoms with Gasteiger partial charge in [-0.05, 0) is 38.0 Å². The van der Waals surface area contributed by atoms with Gasteiger partial charge in [0.05, 0.1) is 5.52 Å². The van der Waals surface area contributed by atoms with Crippen LogP contribution in [0, 0.1) is 13.8 Å². The molecule has 0 saturated heterocycles. The van der Waals surface area contributed by atoms with Gasteiger partial charge in [-0.1, -0.05) is 11.6 Å². The summed E-state index contributed by atoms with van der Waals surface area (Å²) in [6, 6.07) is 6.56. The Morgan fingerprint density at radius 1 is 1.27 bits per heavy atom. The SMILES string of the molecule is Cc1cc(C)c2c(ccn2CCCO)c1. The Hall–Kier alpha value is -1.28. The van der Waals surface area contributed by atoms with Crippen LogP contribution in [-0.2, 0) is 6.54 Å². The van der Waals surface area contributed by atoms with E-state index in [1.807, 2.05) is 0 Å². The van der Waals surface area contributed by atoms with E-state index < -0.39 is 0 Å². The number of rotatable bonds is 3. The van der Waals surface area contributed by atoms with E-state index in [0.717, 1.165) is 13.0 Å². The molecule has 0 spiro atoms. The summed E-state index contributed by atoms with van der Waals surface area (Å²) < 4.78 is 2.22. The lowest BCUT2D eigenvalue weighted by Gasteiger charge is -2.07. The van der Waals surface area contributed by atoms with Gasteiger partial charge in [-0.25, -0.2) is 0 Å². The molecule has 0 aliphatic carbocycles. The summed E-state index contributed by atoms with van der Waals surface area (Å²) in [6.45, 7) is 5.41. The highest BCUT2D eigenvalue weighted by Gasteiger charge is 2.04. The van der Waals surface area contributed by atoms with Crippen molar-refractivity contribution < 1.29 is 5.11 Å². The molecule has 0 bridgehead atoms. The zero-order valence-corrected chi connectivity index (χ0v) is 9.33. The quantitative estimate of drug-likeness (QED) is 0.815. The highest BCUT2D eigenvalue weighted by atomic mass is 16.3. The second kappa shape index (κ2) is 4.07. The second-order valence-corrected chi connectivity index (χ2v) is 4.11. The smallest absolute Gasteiger partial charge is 0.0510 e. The van der Waals surface area contributed by atoms with Crippen LogP contribution in [0.4, 0.5) is 0 Å². The molecule has 15 heavy (non-hydrogen) atoms. The fraction of sp³-hybridized carbons (Fsp3) is 0.385. The van der Waals surface area contributed by atoms with Gasteiger partial charge in [0.2, 0.25) is 0 Å². The third-order valence-corrected chi connectivity index (χ3v) is 2.75. The number of aliphatic hydroxyl groups excluding tert-OH is 1. The standard InChI is InChI=1S/C13H17NO/c1-10-8-11(2)13-12(9-10)4-6-14(13)5-3-7-15/h4,6,8-9,15H,3,5,7H2,1-2H3. The largest absolute Gasteiger partial charge is 0.396 e. The van der Waals surface area contributed by atoms with Crippen molar-refractivity contribution in [2.45, 2.75) is 26.8 Å². The zero-order chi connectivity index (χ0) is 10.8. The summed E-state index contributed by atoms with van der Waals surface area (Å²) in [5.41, 5.74) is 3.92. The van der Waals surface area contributed by atoms with Gasteiger partial charge in [-0.15, -0.1) is 0 Å². The van der Waals surface area contributed by atoms with Gasteiger partial charge in [0, 0.05) is 24.7 Å². The Bertz CT molecular complexity index is 471. The summed E-state index contributed by atoms with van der Waals surface area (Å²) >= 11 is 0. The van der Waals surface area contributed by atoms with Crippen molar-refractivity contribution in [2.75, 3.05) is 6.61 Å². The minimum atomic E-state index is 0.255. The summed E-state index contributed by atoms with van der Waals surface area (Å²) in [7, 11) is 0. The topological polar surface area (TPSA) is 25.2 Å². The number of nitrogens with zero attached hydrogens (tertiary/aromatic N) is 1. The third kappa shape index (κ3) is 1.90. The van der Waals surface area contributed by atoms with Crippen LogP contribution in [0.15, 0.2) is 24.4 Å². The Labute approximate surface area is 90.2 Å². The molecule has 0 atom stereocenters. The number of aryl methyl sites for hydroxylation is 3. The number of hydrogen-bond acceptors (Lipinski definition) is 1. The maximum absolute atomic E-state index is 8.84. The Morgan fingerprint density at radius 2 is 2.07 bits per heavy atom. The van der Waals surface area contributed by atoms with Crippen molar-refractivity contribution in [3.63, 3.8) is 0 Å². The molecule has 2 aromatic rings. The molecule has 0 aliphatic rings. The van der Waals surface area contributed by atoms with Crippen molar-refractivity contribution in [2.24, 2.45) is 0 Å². The molecule has 0 unspecified atom stereocenters. The highest BCUT2D eigenvalue weighted by Crippen LogP contribution is 2.22. The molecule has 1 N–H and O–H groups in total. The first kappa shape index (κ1) is 10.2. The fourth-order valence-corrected chi connectivity index (χ4v) is 2.18. The maximum Gasteiger partial charge on any atom is 0.0510 e. The van der Waals surface area contributed by atoms with Crippen LogP contribution in [0.1, 0.15) is 17.5 Å². The van der Waals surface area contributed by atoms with Crippen molar-refractivity contribution in [3.8, 4) is 0 Å².